The highest BCUT2D eigenvalue weighted by Gasteiger charge is 2.29. The van der Waals surface area contributed by atoms with Crippen molar-refractivity contribution in [1.29, 1.82) is 0 Å². The molecule has 2 rings (SSSR count). The van der Waals surface area contributed by atoms with Crippen molar-refractivity contribution >= 4 is 5.91 Å². The number of rotatable bonds is 5. The molecule has 2 aromatic rings. The first-order valence-electron chi connectivity index (χ1n) is 7.35. The largest absolute Gasteiger partial charge is 0.345 e. The molecule has 1 unspecified atom stereocenters. The van der Waals surface area contributed by atoms with E-state index in [2.05, 4.69) is 15.4 Å². The van der Waals surface area contributed by atoms with E-state index < -0.39 is 5.54 Å². The van der Waals surface area contributed by atoms with Crippen LogP contribution >= 0.6 is 0 Å². The van der Waals surface area contributed by atoms with E-state index in [1.807, 2.05) is 39.8 Å². The fourth-order valence-electron chi connectivity index (χ4n) is 2.14. The highest BCUT2D eigenvalue weighted by Crippen LogP contribution is 2.18. The van der Waals surface area contributed by atoms with Crippen molar-refractivity contribution in [3.63, 3.8) is 0 Å². The minimum atomic E-state index is -0.423. The molecule has 118 valence electrons. The summed E-state index contributed by atoms with van der Waals surface area (Å²) in [5.41, 5.74) is 7.80. The van der Waals surface area contributed by atoms with Gasteiger partial charge in [0.2, 0.25) is 0 Å². The lowest BCUT2D eigenvalue weighted by Crippen LogP contribution is -2.55. The van der Waals surface area contributed by atoms with E-state index in [0.717, 1.165) is 11.3 Å². The fraction of sp³-hybridized carbons (Fsp3) is 0.438. The normalized spacial score (nSPS) is 13.9. The summed E-state index contributed by atoms with van der Waals surface area (Å²) in [6.07, 6.45) is 3.10. The van der Waals surface area contributed by atoms with Crippen molar-refractivity contribution in [2.75, 3.05) is 6.54 Å². The number of benzene rings is 1. The molecule has 6 heteroatoms. The standard InChI is InChI=1S/C16H23N5O/c1-11(2)16(4,8-17)20-15(22)14-6-5-13(7-12(14)3)21-10-18-9-19-21/h5-7,9-11H,8,17H2,1-4H3,(H,20,22). The topological polar surface area (TPSA) is 85.8 Å². The van der Waals surface area contributed by atoms with Crippen LogP contribution in [0.4, 0.5) is 0 Å². The second kappa shape index (κ2) is 6.27. The molecule has 0 spiro atoms. The van der Waals surface area contributed by atoms with Crippen LogP contribution in [0.25, 0.3) is 5.69 Å². The van der Waals surface area contributed by atoms with Crippen molar-refractivity contribution in [2.45, 2.75) is 33.2 Å². The Morgan fingerprint density at radius 3 is 2.68 bits per heavy atom. The van der Waals surface area contributed by atoms with E-state index in [1.165, 1.54) is 6.33 Å². The first-order chi connectivity index (χ1) is 10.4. The molecular weight excluding hydrogens is 278 g/mol. The predicted octanol–water partition coefficient (Wildman–Crippen LogP) is 1.68. The summed E-state index contributed by atoms with van der Waals surface area (Å²) in [6.45, 7) is 8.37. The number of amides is 1. The molecule has 6 nitrogen and oxygen atoms in total. The molecule has 0 aliphatic rings. The Bertz CT molecular complexity index is 651. The van der Waals surface area contributed by atoms with Gasteiger partial charge in [-0.15, -0.1) is 0 Å². The van der Waals surface area contributed by atoms with Crippen LogP contribution in [0, 0.1) is 12.8 Å². The number of hydrogen-bond acceptors (Lipinski definition) is 4. The molecule has 1 amide bonds. The van der Waals surface area contributed by atoms with Crippen LogP contribution in [-0.2, 0) is 0 Å². The minimum Gasteiger partial charge on any atom is -0.345 e. The maximum Gasteiger partial charge on any atom is 0.252 e. The Morgan fingerprint density at radius 2 is 2.18 bits per heavy atom. The Balaban J connectivity index is 2.24. The summed E-state index contributed by atoms with van der Waals surface area (Å²) in [5.74, 6) is 0.139. The summed E-state index contributed by atoms with van der Waals surface area (Å²) in [5, 5.41) is 7.14. The Kier molecular flexibility index (Phi) is 4.61. The number of nitrogens with zero attached hydrogens (tertiary/aromatic N) is 3. The zero-order valence-corrected chi connectivity index (χ0v) is 13.5. The fourth-order valence-corrected chi connectivity index (χ4v) is 2.14. The van der Waals surface area contributed by atoms with E-state index >= 15 is 0 Å². The molecule has 22 heavy (non-hydrogen) atoms. The zero-order chi connectivity index (χ0) is 16.3. The Hall–Kier alpha value is -2.21. The van der Waals surface area contributed by atoms with Gasteiger partial charge in [0.05, 0.1) is 11.2 Å². The van der Waals surface area contributed by atoms with Crippen LogP contribution in [0.3, 0.4) is 0 Å². The Morgan fingerprint density at radius 1 is 1.45 bits per heavy atom. The molecule has 0 saturated carbocycles. The second-order valence-electron chi connectivity index (χ2n) is 6.07. The number of aromatic nitrogens is 3. The van der Waals surface area contributed by atoms with E-state index in [4.69, 9.17) is 5.73 Å². The third-order valence-electron chi connectivity index (χ3n) is 4.24. The van der Waals surface area contributed by atoms with Gasteiger partial charge in [-0.25, -0.2) is 9.67 Å². The molecule has 0 aliphatic heterocycles. The summed E-state index contributed by atoms with van der Waals surface area (Å²) >= 11 is 0. The molecule has 1 atom stereocenters. The van der Waals surface area contributed by atoms with Gasteiger partial charge < -0.3 is 11.1 Å². The number of nitrogens with one attached hydrogen (secondary N) is 1. The van der Waals surface area contributed by atoms with Crippen molar-refractivity contribution in [3.05, 3.63) is 42.0 Å². The van der Waals surface area contributed by atoms with Gasteiger partial charge in [0.25, 0.3) is 5.91 Å². The quantitative estimate of drug-likeness (QED) is 0.879. The zero-order valence-electron chi connectivity index (χ0n) is 13.5. The summed E-state index contributed by atoms with van der Waals surface area (Å²) in [6, 6.07) is 5.57. The summed E-state index contributed by atoms with van der Waals surface area (Å²) in [7, 11) is 0. The summed E-state index contributed by atoms with van der Waals surface area (Å²) < 4.78 is 1.66. The highest BCUT2D eigenvalue weighted by atomic mass is 16.1. The lowest BCUT2D eigenvalue weighted by atomic mass is 9.88. The van der Waals surface area contributed by atoms with Gasteiger partial charge in [-0.1, -0.05) is 13.8 Å². The van der Waals surface area contributed by atoms with Crippen molar-refractivity contribution in [2.24, 2.45) is 11.7 Å². The maximum absolute atomic E-state index is 12.5. The van der Waals surface area contributed by atoms with Crippen LogP contribution in [-0.4, -0.2) is 32.8 Å². The average Bonchev–Trinajstić information content (AvgIpc) is 3.00. The first kappa shape index (κ1) is 16.2. The van der Waals surface area contributed by atoms with Gasteiger partial charge in [-0.2, -0.15) is 5.10 Å². The molecule has 0 saturated heterocycles. The van der Waals surface area contributed by atoms with Gasteiger partial charge in [0, 0.05) is 12.1 Å². The Labute approximate surface area is 130 Å². The molecule has 1 aromatic heterocycles. The van der Waals surface area contributed by atoms with Crippen molar-refractivity contribution < 1.29 is 4.79 Å². The van der Waals surface area contributed by atoms with Gasteiger partial charge in [0.15, 0.2) is 0 Å². The molecule has 1 aromatic carbocycles. The number of aryl methyl sites for hydroxylation is 1. The van der Waals surface area contributed by atoms with E-state index in [0.29, 0.717) is 12.1 Å². The molecule has 0 radical (unpaired) electrons. The highest BCUT2D eigenvalue weighted by molar-refractivity contribution is 5.96. The van der Waals surface area contributed by atoms with E-state index in [1.54, 1.807) is 17.1 Å². The monoisotopic (exact) mass is 301 g/mol. The van der Waals surface area contributed by atoms with Crippen LogP contribution in [0.15, 0.2) is 30.9 Å². The third kappa shape index (κ3) is 3.17. The molecule has 1 heterocycles. The van der Waals surface area contributed by atoms with Gasteiger partial charge in [-0.3, -0.25) is 4.79 Å². The lowest BCUT2D eigenvalue weighted by molar-refractivity contribution is 0.0882. The second-order valence-corrected chi connectivity index (χ2v) is 6.07. The van der Waals surface area contributed by atoms with Crippen LogP contribution in [0.5, 0.6) is 0 Å². The first-order valence-corrected chi connectivity index (χ1v) is 7.35. The van der Waals surface area contributed by atoms with E-state index in [-0.39, 0.29) is 11.8 Å². The molecule has 0 aliphatic carbocycles. The lowest BCUT2D eigenvalue weighted by Gasteiger charge is -2.33. The molecule has 0 bridgehead atoms. The smallest absolute Gasteiger partial charge is 0.252 e. The van der Waals surface area contributed by atoms with Crippen molar-refractivity contribution in [1.82, 2.24) is 20.1 Å². The number of nitrogens with two attached hydrogens (primary N) is 1. The molecule has 3 N–H and O–H groups in total. The van der Waals surface area contributed by atoms with Crippen LogP contribution in [0.1, 0.15) is 36.7 Å². The van der Waals surface area contributed by atoms with Gasteiger partial charge >= 0.3 is 0 Å². The number of carbonyl (C=O) groups is 1. The van der Waals surface area contributed by atoms with Crippen molar-refractivity contribution in [3.8, 4) is 5.69 Å². The van der Waals surface area contributed by atoms with E-state index in [9.17, 15) is 4.79 Å². The van der Waals surface area contributed by atoms with Crippen LogP contribution < -0.4 is 11.1 Å². The SMILES string of the molecule is Cc1cc(-n2cncn2)ccc1C(=O)NC(C)(CN)C(C)C. The van der Waals surface area contributed by atoms with Crippen LogP contribution in [0.2, 0.25) is 0 Å². The van der Waals surface area contributed by atoms with Gasteiger partial charge in [-0.05, 0) is 43.5 Å². The third-order valence-corrected chi connectivity index (χ3v) is 4.24. The molecular formula is C16H23N5O. The number of hydrogen-bond donors (Lipinski definition) is 2. The number of carbonyl (C=O) groups excluding carboxylic acids is 1. The maximum atomic E-state index is 12.5. The minimum absolute atomic E-state index is 0.107. The average molecular weight is 301 g/mol. The summed E-state index contributed by atoms with van der Waals surface area (Å²) in [4.78, 5) is 16.5. The molecule has 0 fully saturated rings. The predicted molar refractivity (Wildman–Crippen MR) is 85.9 cm³/mol. The van der Waals surface area contributed by atoms with Gasteiger partial charge in [0.1, 0.15) is 12.7 Å².